The van der Waals surface area contributed by atoms with E-state index in [0.717, 1.165) is 12.1 Å². The quantitative estimate of drug-likeness (QED) is 0.823. The van der Waals surface area contributed by atoms with Gasteiger partial charge in [-0.15, -0.1) is 0 Å². The summed E-state index contributed by atoms with van der Waals surface area (Å²) >= 11 is 0. The van der Waals surface area contributed by atoms with Gasteiger partial charge in [-0.25, -0.2) is 17.2 Å². The zero-order valence-electron chi connectivity index (χ0n) is 11.0. The molecular formula is C13H12F2N2O3S. The zero-order valence-corrected chi connectivity index (χ0v) is 11.9. The van der Waals surface area contributed by atoms with E-state index in [1.807, 2.05) is 0 Å². The number of sulfone groups is 1. The van der Waals surface area contributed by atoms with Crippen molar-refractivity contribution in [3.05, 3.63) is 45.4 Å². The molecule has 1 aromatic carbocycles. The van der Waals surface area contributed by atoms with Gasteiger partial charge in [-0.1, -0.05) is 0 Å². The third-order valence-electron chi connectivity index (χ3n) is 3.67. The molecular weight excluding hydrogens is 302 g/mol. The molecule has 3 rings (SSSR count). The first-order valence-corrected chi connectivity index (χ1v) is 8.06. The van der Waals surface area contributed by atoms with Crippen LogP contribution in [0.5, 0.6) is 0 Å². The molecule has 1 aromatic heterocycles. The van der Waals surface area contributed by atoms with Crippen molar-refractivity contribution >= 4 is 20.6 Å². The second kappa shape index (κ2) is 4.60. The van der Waals surface area contributed by atoms with E-state index in [1.165, 1.54) is 0 Å². The summed E-state index contributed by atoms with van der Waals surface area (Å²) in [5.41, 5.74) is 0.0968. The highest BCUT2D eigenvalue weighted by molar-refractivity contribution is 7.90. The third kappa shape index (κ3) is 2.24. The van der Waals surface area contributed by atoms with Crippen LogP contribution in [0.15, 0.2) is 16.9 Å². The van der Waals surface area contributed by atoms with Crippen LogP contribution < -0.4 is 10.9 Å². The lowest BCUT2D eigenvalue weighted by atomic mass is 9.98. The fraction of sp³-hybridized carbons (Fsp3) is 0.308. The van der Waals surface area contributed by atoms with Gasteiger partial charge in [-0.2, -0.15) is 0 Å². The highest BCUT2D eigenvalue weighted by Gasteiger charge is 2.32. The molecule has 5 nitrogen and oxygen atoms in total. The van der Waals surface area contributed by atoms with Crippen LogP contribution in [0.25, 0.3) is 10.8 Å². The van der Waals surface area contributed by atoms with Gasteiger partial charge in [-0.05, 0) is 30.1 Å². The molecule has 21 heavy (non-hydrogen) atoms. The summed E-state index contributed by atoms with van der Waals surface area (Å²) in [7, 11) is -1.79. The third-order valence-corrected chi connectivity index (χ3v) is 5.24. The van der Waals surface area contributed by atoms with Crippen LogP contribution in [-0.4, -0.2) is 26.2 Å². The van der Waals surface area contributed by atoms with E-state index in [1.54, 1.807) is 7.05 Å². The minimum absolute atomic E-state index is 0.00666. The highest BCUT2D eigenvalue weighted by atomic mass is 32.2. The van der Waals surface area contributed by atoms with E-state index < -0.39 is 33.1 Å². The molecule has 0 saturated heterocycles. The Labute approximate surface area is 118 Å². The first-order valence-electron chi connectivity index (χ1n) is 6.24. The largest absolute Gasteiger partial charge is 0.324 e. The van der Waals surface area contributed by atoms with E-state index >= 15 is 0 Å². The van der Waals surface area contributed by atoms with Gasteiger partial charge in [0.05, 0.1) is 16.9 Å². The number of aromatic nitrogens is 1. The predicted molar refractivity (Wildman–Crippen MR) is 73.8 cm³/mol. The van der Waals surface area contributed by atoms with Crippen molar-refractivity contribution in [2.75, 3.05) is 12.8 Å². The Balaban J connectivity index is 2.44. The number of pyridine rings is 1. The Morgan fingerprint density at radius 1 is 1.24 bits per heavy atom. The molecule has 2 heterocycles. The Bertz CT molecular complexity index is 906. The molecule has 0 unspecified atom stereocenters. The Kier molecular flexibility index (Phi) is 3.10. The molecule has 0 fully saturated rings. The van der Waals surface area contributed by atoms with Crippen LogP contribution in [0, 0.1) is 11.6 Å². The van der Waals surface area contributed by atoms with Gasteiger partial charge in [0, 0.05) is 11.7 Å². The van der Waals surface area contributed by atoms with E-state index in [0.29, 0.717) is 5.56 Å². The molecule has 0 radical (unpaired) electrons. The molecule has 112 valence electrons. The lowest BCUT2D eigenvalue weighted by molar-refractivity contribution is 0.510. The molecule has 2 aromatic rings. The van der Waals surface area contributed by atoms with Crippen LogP contribution in [0.1, 0.15) is 17.3 Å². The number of nitrogens with one attached hydrogen (secondary N) is 2. The number of rotatable bonds is 1. The molecule has 0 aliphatic carbocycles. The van der Waals surface area contributed by atoms with E-state index in [4.69, 9.17) is 0 Å². The van der Waals surface area contributed by atoms with Gasteiger partial charge in [0.25, 0.3) is 5.56 Å². The average molecular weight is 314 g/mol. The molecule has 0 saturated carbocycles. The summed E-state index contributed by atoms with van der Waals surface area (Å²) in [5, 5.41) is 3.09. The fourth-order valence-electron chi connectivity index (χ4n) is 2.75. The number of fused-ring (bicyclic) bond motifs is 3. The molecule has 1 atom stereocenters. The van der Waals surface area contributed by atoms with Gasteiger partial charge in [0.2, 0.25) is 0 Å². The smallest absolute Gasteiger partial charge is 0.256 e. The van der Waals surface area contributed by atoms with Gasteiger partial charge >= 0.3 is 0 Å². The first kappa shape index (κ1) is 14.2. The number of halogens is 2. The summed E-state index contributed by atoms with van der Waals surface area (Å²) in [6, 6.07) is 1.20. The van der Waals surface area contributed by atoms with Crippen molar-refractivity contribution in [3.63, 3.8) is 0 Å². The van der Waals surface area contributed by atoms with Gasteiger partial charge in [0.15, 0.2) is 21.5 Å². The van der Waals surface area contributed by atoms with E-state index in [-0.39, 0.29) is 28.0 Å². The summed E-state index contributed by atoms with van der Waals surface area (Å²) < 4.78 is 50.5. The van der Waals surface area contributed by atoms with E-state index in [2.05, 4.69) is 10.3 Å². The lowest BCUT2D eigenvalue weighted by Gasteiger charge is -2.26. The van der Waals surface area contributed by atoms with Crippen molar-refractivity contribution in [1.29, 1.82) is 0 Å². The number of hydrogen-bond donors (Lipinski definition) is 2. The zero-order chi connectivity index (χ0) is 15.4. The monoisotopic (exact) mass is 314 g/mol. The fourth-order valence-corrected chi connectivity index (χ4v) is 4.37. The molecule has 0 spiro atoms. The van der Waals surface area contributed by atoms with Crippen LogP contribution in [0.4, 0.5) is 8.78 Å². The predicted octanol–water partition coefficient (Wildman–Crippen LogP) is 0.995. The average Bonchev–Trinajstić information content (AvgIpc) is 2.39. The standard InChI is InChI=1S/C13H12F2N2O3S/c1-16-10-4-21(19,20)5-11-12(10)6-2-8(14)9(15)3-7(6)13(18)17-11/h2-3,10,16H,4-5H2,1H3,(H,17,18)/t10-/m0/s1. The van der Waals surface area contributed by atoms with Gasteiger partial charge < -0.3 is 10.3 Å². The van der Waals surface area contributed by atoms with Crippen molar-refractivity contribution in [2.45, 2.75) is 11.8 Å². The van der Waals surface area contributed by atoms with Crippen molar-refractivity contribution < 1.29 is 17.2 Å². The molecule has 1 aliphatic heterocycles. The molecule has 0 bridgehead atoms. The van der Waals surface area contributed by atoms with Crippen LogP contribution in [0.3, 0.4) is 0 Å². The van der Waals surface area contributed by atoms with Crippen molar-refractivity contribution in [2.24, 2.45) is 0 Å². The SMILES string of the molecule is CN[C@H]1CS(=O)(=O)Cc2[nH]c(=O)c3cc(F)c(F)cc3c21. The minimum atomic E-state index is -3.36. The maximum Gasteiger partial charge on any atom is 0.256 e. The van der Waals surface area contributed by atoms with Crippen molar-refractivity contribution in [1.82, 2.24) is 10.3 Å². The highest BCUT2D eigenvalue weighted by Crippen LogP contribution is 2.32. The molecule has 0 amide bonds. The molecule has 8 heteroatoms. The van der Waals surface area contributed by atoms with E-state index in [9.17, 15) is 22.0 Å². The number of hydrogen-bond acceptors (Lipinski definition) is 4. The number of aromatic amines is 1. The summed E-state index contributed by atoms with van der Waals surface area (Å²) in [6.45, 7) is 0. The minimum Gasteiger partial charge on any atom is -0.324 e. The van der Waals surface area contributed by atoms with Crippen LogP contribution >= 0.6 is 0 Å². The topological polar surface area (TPSA) is 79.0 Å². The second-order valence-electron chi connectivity index (χ2n) is 5.05. The van der Waals surface area contributed by atoms with Gasteiger partial charge in [-0.3, -0.25) is 4.79 Å². The Hall–Kier alpha value is -1.80. The summed E-state index contributed by atoms with van der Waals surface area (Å²) in [6.07, 6.45) is 0. The maximum atomic E-state index is 13.5. The lowest BCUT2D eigenvalue weighted by Crippen LogP contribution is -2.34. The second-order valence-corrected chi connectivity index (χ2v) is 7.16. The Morgan fingerprint density at radius 3 is 2.48 bits per heavy atom. The normalized spacial score (nSPS) is 20.4. The van der Waals surface area contributed by atoms with Gasteiger partial charge in [0.1, 0.15) is 0 Å². The number of benzene rings is 1. The van der Waals surface area contributed by atoms with Crippen LogP contribution in [0.2, 0.25) is 0 Å². The number of H-pyrrole nitrogens is 1. The van der Waals surface area contributed by atoms with Crippen molar-refractivity contribution in [3.8, 4) is 0 Å². The summed E-state index contributed by atoms with van der Waals surface area (Å²) in [4.78, 5) is 14.4. The van der Waals surface area contributed by atoms with Crippen LogP contribution in [-0.2, 0) is 15.6 Å². The molecule has 2 N–H and O–H groups in total. The first-order chi connectivity index (χ1) is 9.82. The Morgan fingerprint density at radius 2 is 1.86 bits per heavy atom. The maximum absolute atomic E-state index is 13.5. The summed E-state index contributed by atoms with van der Waals surface area (Å²) in [5.74, 6) is -2.66. The molecule has 1 aliphatic rings.